The molecule has 0 spiro atoms. The molecule has 0 saturated carbocycles. The number of ether oxygens (including phenoxy) is 1. The van der Waals surface area contributed by atoms with Gasteiger partial charge in [0.15, 0.2) is 0 Å². The number of benzene rings is 2. The SMILES string of the molecule is Nc1[nH]ncc1-c1cc(Cl)ccc1Oc1cc(F)c(S(=O)(=O)Nc2nncs2)cc1Cl. The van der Waals surface area contributed by atoms with Crippen molar-refractivity contribution in [1.29, 1.82) is 0 Å². The molecule has 4 rings (SSSR count). The molecule has 9 nitrogen and oxygen atoms in total. The molecule has 2 heterocycles. The predicted molar refractivity (Wildman–Crippen MR) is 116 cm³/mol. The zero-order valence-corrected chi connectivity index (χ0v) is 18.3. The van der Waals surface area contributed by atoms with Gasteiger partial charge in [-0.2, -0.15) is 5.10 Å². The maximum Gasteiger partial charge on any atom is 0.266 e. The van der Waals surface area contributed by atoms with Gasteiger partial charge >= 0.3 is 0 Å². The van der Waals surface area contributed by atoms with E-state index in [4.69, 9.17) is 33.7 Å². The van der Waals surface area contributed by atoms with Crippen molar-refractivity contribution in [3.63, 3.8) is 0 Å². The van der Waals surface area contributed by atoms with E-state index in [9.17, 15) is 12.8 Å². The molecule has 0 aliphatic rings. The Morgan fingerprint density at radius 2 is 1.97 bits per heavy atom. The second kappa shape index (κ2) is 8.30. The summed E-state index contributed by atoms with van der Waals surface area (Å²) in [6.45, 7) is 0. The van der Waals surface area contributed by atoms with Crippen LogP contribution in [0.1, 0.15) is 0 Å². The van der Waals surface area contributed by atoms with Gasteiger partial charge in [0, 0.05) is 22.2 Å². The van der Waals surface area contributed by atoms with Crippen LogP contribution in [0.25, 0.3) is 11.1 Å². The highest BCUT2D eigenvalue weighted by atomic mass is 35.5. The third-order valence-electron chi connectivity index (χ3n) is 3.98. The summed E-state index contributed by atoms with van der Waals surface area (Å²) in [6.07, 6.45) is 1.48. The number of halogens is 3. The highest BCUT2D eigenvalue weighted by molar-refractivity contribution is 7.93. The van der Waals surface area contributed by atoms with E-state index in [1.54, 1.807) is 18.2 Å². The Morgan fingerprint density at radius 1 is 1.16 bits per heavy atom. The van der Waals surface area contributed by atoms with E-state index in [-0.39, 0.29) is 27.5 Å². The molecule has 0 aliphatic carbocycles. The van der Waals surface area contributed by atoms with Crippen LogP contribution in [-0.4, -0.2) is 28.8 Å². The Kier molecular flexibility index (Phi) is 5.71. The highest BCUT2D eigenvalue weighted by Gasteiger charge is 2.24. The van der Waals surface area contributed by atoms with Crippen LogP contribution in [0.5, 0.6) is 11.5 Å². The Hall–Kier alpha value is -2.93. The molecular formula is C17H11Cl2FN6O3S2. The maximum absolute atomic E-state index is 14.7. The average molecular weight is 501 g/mol. The van der Waals surface area contributed by atoms with E-state index in [0.717, 1.165) is 23.5 Å². The molecule has 4 N–H and O–H groups in total. The first-order chi connectivity index (χ1) is 14.7. The monoisotopic (exact) mass is 500 g/mol. The van der Waals surface area contributed by atoms with Crippen molar-refractivity contribution in [2.75, 3.05) is 10.5 Å². The molecule has 0 unspecified atom stereocenters. The van der Waals surface area contributed by atoms with Crippen LogP contribution in [0.2, 0.25) is 10.0 Å². The van der Waals surface area contributed by atoms with Crippen LogP contribution in [0, 0.1) is 5.82 Å². The summed E-state index contributed by atoms with van der Waals surface area (Å²) in [5.74, 6) is -0.663. The van der Waals surface area contributed by atoms with Crippen LogP contribution in [0.15, 0.2) is 46.9 Å². The fourth-order valence-electron chi connectivity index (χ4n) is 2.61. The molecule has 2 aromatic heterocycles. The van der Waals surface area contributed by atoms with Crippen molar-refractivity contribution in [2.24, 2.45) is 0 Å². The van der Waals surface area contributed by atoms with Gasteiger partial charge in [0.25, 0.3) is 10.0 Å². The predicted octanol–water partition coefficient (Wildman–Crippen LogP) is 4.55. The zero-order chi connectivity index (χ0) is 22.2. The molecule has 0 radical (unpaired) electrons. The number of aromatic nitrogens is 4. The van der Waals surface area contributed by atoms with E-state index >= 15 is 0 Å². The number of sulfonamides is 1. The standard InChI is InChI=1S/C17H11Cl2FN6O3S2/c18-8-1-2-13(9(3-8)10-6-22-24-16(10)21)29-14-5-12(20)15(4-11(14)19)31(27,28)26-17-25-23-7-30-17/h1-7H,(H,25,26)(H3,21,22,24). The van der Waals surface area contributed by atoms with Gasteiger partial charge in [-0.3, -0.25) is 9.82 Å². The molecule has 0 bridgehead atoms. The van der Waals surface area contributed by atoms with Gasteiger partial charge in [0.2, 0.25) is 5.13 Å². The van der Waals surface area contributed by atoms with Crippen molar-refractivity contribution in [3.05, 3.63) is 57.9 Å². The molecule has 0 atom stereocenters. The number of hydrogen-bond donors (Lipinski definition) is 3. The first-order valence-electron chi connectivity index (χ1n) is 8.29. The van der Waals surface area contributed by atoms with Gasteiger partial charge in [-0.05, 0) is 24.3 Å². The molecule has 0 amide bonds. The first kappa shape index (κ1) is 21.3. The van der Waals surface area contributed by atoms with Gasteiger partial charge in [-0.1, -0.05) is 34.5 Å². The minimum Gasteiger partial charge on any atom is -0.455 e. The lowest BCUT2D eigenvalue weighted by Crippen LogP contribution is -2.14. The van der Waals surface area contributed by atoms with Gasteiger partial charge in [-0.15, -0.1) is 10.2 Å². The minimum atomic E-state index is -4.28. The number of nitrogens with two attached hydrogens (primary N) is 1. The normalized spacial score (nSPS) is 11.5. The molecular weight excluding hydrogens is 490 g/mol. The molecule has 14 heteroatoms. The molecule has 160 valence electrons. The van der Waals surface area contributed by atoms with E-state index in [2.05, 4.69) is 25.1 Å². The maximum atomic E-state index is 14.7. The summed E-state index contributed by atoms with van der Waals surface area (Å²) in [4.78, 5) is -0.671. The Bertz CT molecular complexity index is 1360. The second-order valence-corrected chi connectivity index (χ2v) is 9.33. The summed E-state index contributed by atoms with van der Waals surface area (Å²) in [5.41, 5.74) is 8.19. The highest BCUT2D eigenvalue weighted by Crippen LogP contribution is 2.40. The Balaban J connectivity index is 1.70. The topological polar surface area (TPSA) is 136 Å². The second-order valence-electron chi connectivity index (χ2n) is 6.00. The Morgan fingerprint density at radius 3 is 2.65 bits per heavy atom. The van der Waals surface area contributed by atoms with E-state index in [1.807, 2.05) is 0 Å². The summed E-state index contributed by atoms with van der Waals surface area (Å²) in [7, 11) is -4.28. The van der Waals surface area contributed by atoms with Crippen LogP contribution >= 0.6 is 34.5 Å². The molecule has 4 aromatic rings. The number of aromatic amines is 1. The van der Waals surface area contributed by atoms with Gasteiger partial charge in [0.05, 0.1) is 11.2 Å². The number of hydrogen-bond acceptors (Lipinski definition) is 8. The molecule has 0 aliphatic heterocycles. The lowest BCUT2D eigenvalue weighted by atomic mass is 10.1. The van der Waals surface area contributed by atoms with Gasteiger partial charge in [-0.25, -0.2) is 12.8 Å². The molecule has 0 fully saturated rings. The van der Waals surface area contributed by atoms with E-state index < -0.39 is 20.7 Å². The van der Waals surface area contributed by atoms with Crippen LogP contribution < -0.4 is 15.2 Å². The van der Waals surface area contributed by atoms with Crippen LogP contribution in [0.3, 0.4) is 0 Å². The molecule has 2 aromatic carbocycles. The quantitative estimate of drug-likeness (QED) is 0.353. The fraction of sp³-hybridized carbons (Fsp3) is 0. The lowest BCUT2D eigenvalue weighted by molar-refractivity contribution is 0.475. The van der Waals surface area contributed by atoms with Crippen LogP contribution in [-0.2, 0) is 10.0 Å². The van der Waals surface area contributed by atoms with Gasteiger partial charge < -0.3 is 10.5 Å². The van der Waals surface area contributed by atoms with Crippen molar-refractivity contribution < 1.29 is 17.5 Å². The van der Waals surface area contributed by atoms with Crippen molar-refractivity contribution in [2.45, 2.75) is 4.90 Å². The number of nitrogen functional groups attached to an aromatic ring is 1. The number of nitrogens with one attached hydrogen (secondary N) is 2. The average Bonchev–Trinajstić information content (AvgIpc) is 3.36. The summed E-state index contributed by atoms with van der Waals surface area (Å²) < 4.78 is 47.6. The molecule has 0 saturated heterocycles. The number of nitrogens with zero attached hydrogens (tertiary/aromatic N) is 3. The summed E-state index contributed by atoms with van der Waals surface area (Å²) in [6, 6.07) is 6.50. The molecule has 31 heavy (non-hydrogen) atoms. The Labute approximate surface area is 189 Å². The van der Waals surface area contributed by atoms with Crippen LogP contribution in [0.4, 0.5) is 15.3 Å². The third-order valence-corrected chi connectivity index (χ3v) is 6.60. The number of anilines is 2. The first-order valence-corrected chi connectivity index (χ1v) is 11.4. The zero-order valence-electron chi connectivity index (χ0n) is 15.1. The van der Waals surface area contributed by atoms with Crippen molar-refractivity contribution in [1.82, 2.24) is 20.4 Å². The summed E-state index contributed by atoms with van der Waals surface area (Å²) >= 11 is 13.2. The lowest BCUT2D eigenvalue weighted by Gasteiger charge is -2.14. The smallest absolute Gasteiger partial charge is 0.266 e. The summed E-state index contributed by atoms with van der Waals surface area (Å²) in [5, 5.41) is 13.8. The number of rotatable bonds is 6. The fourth-order valence-corrected chi connectivity index (χ4v) is 4.83. The van der Waals surface area contributed by atoms with Gasteiger partial charge in [0.1, 0.15) is 33.5 Å². The van der Waals surface area contributed by atoms with E-state index in [0.29, 0.717) is 16.1 Å². The van der Waals surface area contributed by atoms with Crippen molar-refractivity contribution >= 4 is 55.5 Å². The van der Waals surface area contributed by atoms with E-state index in [1.165, 1.54) is 11.7 Å². The largest absolute Gasteiger partial charge is 0.455 e. The third kappa shape index (κ3) is 4.42. The van der Waals surface area contributed by atoms with Crippen molar-refractivity contribution in [3.8, 4) is 22.6 Å². The number of H-pyrrole nitrogens is 1. The minimum absolute atomic E-state index is 0.0145.